The quantitative estimate of drug-likeness (QED) is 0.907. The Kier molecular flexibility index (Phi) is 4.93. The van der Waals surface area contributed by atoms with Crippen molar-refractivity contribution >= 4 is 11.0 Å². The summed E-state index contributed by atoms with van der Waals surface area (Å²) in [6.45, 7) is 2.82. The van der Waals surface area contributed by atoms with Gasteiger partial charge in [0.15, 0.2) is 0 Å². The average molecular weight is 317 g/mol. The van der Waals surface area contributed by atoms with E-state index in [-0.39, 0.29) is 5.56 Å². The van der Waals surface area contributed by atoms with Crippen LogP contribution >= 0.6 is 0 Å². The molecule has 1 saturated heterocycles. The van der Waals surface area contributed by atoms with Gasteiger partial charge >= 0.3 is 0 Å². The van der Waals surface area contributed by atoms with Crippen LogP contribution in [0.4, 0.5) is 0 Å². The van der Waals surface area contributed by atoms with Gasteiger partial charge in [0.2, 0.25) is 0 Å². The summed E-state index contributed by atoms with van der Waals surface area (Å²) in [6, 6.07) is 5.52. The summed E-state index contributed by atoms with van der Waals surface area (Å²) in [5, 5.41) is 0. The van der Waals surface area contributed by atoms with Gasteiger partial charge in [0.1, 0.15) is 11.4 Å². The third-order valence-electron chi connectivity index (χ3n) is 4.43. The Balaban J connectivity index is 1.72. The number of H-pyrrole nitrogens is 1. The maximum absolute atomic E-state index is 12.2. The molecule has 1 aromatic carbocycles. The van der Waals surface area contributed by atoms with Crippen molar-refractivity contribution in [2.24, 2.45) is 0 Å². The smallest absolute Gasteiger partial charge is 0.270 e. The molecule has 0 spiro atoms. The maximum Gasteiger partial charge on any atom is 0.270 e. The van der Waals surface area contributed by atoms with Crippen molar-refractivity contribution in [3.8, 4) is 5.75 Å². The molecule has 3 rings (SSSR count). The fourth-order valence-corrected chi connectivity index (χ4v) is 3.07. The van der Waals surface area contributed by atoms with E-state index in [1.807, 2.05) is 12.1 Å². The van der Waals surface area contributed by atoms with Gasteiger partial charge in [-0.3, -0.25) is 4.79 Å². The van der Waals surface area contributed by atoms with Gasteiger partial charge < -0.3 is 19.4 Å². The summed E-state index contributed by atoms with van der Waals surface area (Å²) in [6.07, 6.45) is 3.20. The van der Waals surface area contributed by atoms with Gasteiger partial charge in [-0.2, -0.15) is 0 Å². The molecule has 1 fully saturated rings. The third kappa shape index (κ3) is 3.71. The number of fused-ring (bicyclic) bond motifs is 1. The predicted octanol–water partition coefficient (Wildman–Crippen LogP) is 1.58. The SMILES string of the molecule is COc1ccc2nc(CCN3CCCC(OC)C3)c(=O)[nH]c2c1. The molecule has 23 heavy (non-hydrogen) atoms. The predicted molar refractivity (Wildman–Crippen MR) is 89.1 cm³/mol. The van der Waals surface area contributed by atoms with E-state index in [1.54, 1.807) is 20.3 Å². The number of nitrogens with zero attached hydrogens (tertiary/aromatic N) is 2. The van der Waals surface area contributed by atoms with E-state index in [1.165, 1.54) is 0 Å². The summed E-state index contributed by atoms with van der Waals surface area (Å²) >= 11 is 0. The van der Waals surface area contributed by atoms with Gasteiger partial charge in [0.25, 0.3) is 5.56 Å². The lowest BCUT2D eigenvalue weighted by molar-refractivity contribution is 0.0318. The van der Waals surface area contributed by atoms with E-state index < -0.39 is 0 Å². The standard InChI is InChI=1S/C17H23N3O3/c1-22-12-5-6-14-16(10-12)19-17(21)15(18-14)7-9-20-8-3-4-13(11-20)23-2/h5-6,10,13H,3-4,7-9,11H2,1-2H3,(H,19,21). The van der Waals surface area contributed by atoms with Gasteiger partial charge in [-0.15, -0.1) is 0 Å². The Bertz CT molecular complexity index is 729. The molecule has 1 aliphatic heterocycles. The molecule has 2 heterocycles. The fourth-order valence-electron chi connectivity index (χ4n) is 3.07. The lowest BCUT2D eigenvalue weighted by Crippen LogP contribution is -2.40. The lowest BCUT2D eigenvalue weighted by atomic mass is 10.1. The molecular weight excluding hydrogens is 294 g/mol. The summed E-state index contributed by atoms with van der Waals surface area (Å²) in [4.78, 5) is 22.0. The first-order valence-corrected chi connectivity index (χ1v) is 8.01. The minimum absolute atomic E-state index is 0.119. The molecule has 0 radical (unpaired) electrons. The highest BCUT2D eigenvalue weighted by molar-refractivity contribution is 5.75. The Hall–Kier alpha value is -1.92. The zero-order chi connectivity index (χ0) is 16.2. The Morgan fingerprint density at radius 2 is 2.26 bits per heavy atom. The fraction of sp³-hybridized carbons (Fsp3) is 0.529. The number of likely N-dealkylation sites (tertiary alicyclic amines) is 1. The number of piperidine rings is 1. The van der Waals surface area contributed by atoms with Crippen molar-refractivity contribution in [1.29, 1.82) is 0 Å². The maximum atomic E-state index is 12.2. The molecule has 124 valence electrons. The van der Waals surface area contributed by atoms with Gasteiger partial charge in [-0.25, -0.2) is 4.98 Å². The Morgan fingerprint density at radius 3 is 3.04 bits per heavy atom. The molecule has 1 aliphatic rings. The van der Waals surface area contributed by atoms with Crippen LogP contribution in [0.15, 0.2) is 23.0 Å². The van der Waals surface area contributed by atoms with E-state index >= 15 is 0 Å². The minimum atomic E-state index is -0.119. The highest BCUT2D eigenvalue weighted by Crippen LogP contribution is 2.17. The van der Waals surface area contributed by atoms with E-state index in [0.717, 1.165) is 38.0 Å². The van der Waals surface area contributed by atoms with Crippen LogP contribution in [0.3, 0.4) is 0 Å². The summed E-state index contributed by atoms with van der Waals surface area (Å²) < 4.78 is 10.6. The molecule has 1 atom stereocenters. The number of rotatable bonds is 5. The molecule has 6 heteroatoms. The molecule has 6 nitrogen and oxygen atoms in total. The number of hydrogen-bond donors (Lipinski definition) is 1. The van der Waals surface area contributed by atoms with Crippen LogP contribution < -0.4 is 10.3 Å². The van der Waals surface area contributed by atoms with Crippen molar-refractivity contribution in [3.63, 3.8) is 0 Å². The van der Waals surface area contributed by atoms with Gasteiger partial charge in [0.05, 0.1) is 24.2 Å². The van der Waals surface area contributed by atoms with Crippen LogP contribution in [-0.2, 0) is 11.2 Å². The molecule has 1 unspecified atom stereocenters. The number of methoxy groups -OCH3 is 2. The highest BCUT2D eigenvalue weighted by Gasteiger charge is 2.19. The van der Waals surface area contributed by atoms with E-state index in [9.17, 15) is 4.79 Å². The van der Waals surface area contributed by atoms with Gasteiger partial charge in [-0.05, 0) is 31.5 Å². The molecule has 0 saturated carbocycles. The van der Waals surface area contributed by atoms with Crippen LogP contribution in [0.2, 0.25) is 0 Å². The number of nitrogens with one attached hydrogen (secondary N) is 1. The lowest BCUT2D eigenvalue weighted by Gasteiger charge is -2.31. The first-order valence-electron chi connectivity index (χ1n) is 8.01. The van der Waals surface area contributed by atoms with Crippen molar-refractivity contribution in [3.05, 3.63) is 34.2 Å². The van der Waals surface area contributed by atoms with Gasteiger partial charge in [0, 0.05) is 32.7 Å². The van der Waals surface area contributed by atoms with Crippen LogP contribution in [0.1, 0.15) is 18.5 Å². The summed E-state index contributed by atoms with van der Waals surface area (Å²) in [5.74, 6) is 0.710. The van der Waals surface area contributed by atoms with Crippen molar-refractivity contribution in [2.45, 2.75) is 25.4 Å². The number of benzene rings is 1. The summed E-state index contributed by atoms with van der Waals surface area (Å²) in [7, 11) is 3.37. The number of aromatic amines is 1. The van der Waals surface area contributed by atoms with Crippen molar-refractivity contribution < 1.29 is 9.47 Å². The molecule has 1 N–H and O–H groups in total. The third-order valence-corrected chi connectivity index (χ3v) is 4.43. The second kappa shape index (κ2) is 7.10. The largest absolute Gasteiger partial charge is 0.497 e. The average Bonchev–Trinajstić information content (AvgIpc) is 2.59. The van der Waals surface area contributed by atoms with Crippen LogP contribution in [-0.4, -0.2) is 54.8 Å². The molecular formula is C17H23N3O3. The number of hydrogen-bond acceptors (Lipinski definition) is 5. The number of aromatic nitrogens is 2. The zero-order valence-corrected chi connectivity index (χ0v) is 13.7. The normalized spacial score (nSPS) is 19.1. The molecule has 0 aliphatic carbocycles. The summed E-state index contributed by atoms with van der Waals surface area (Å²) in [5.41, 5.74) is 1.96. The Labute approximate surface area is 135 Å². The van der Waals surface area contributed by atoms with Gasteiger partial charge in [-0.1, -0.05) is 0 Å². The molecule has 0 amide bonds. The van der Waals surface area contributed by atoms with E-state index in [2.05, 4.69) is 14.9 Å². The zero-order valence-electron chi connectivity index (χ0n) is 13.7. The van der Waals surface area contributed by atoms with Crippen LogP contribution in [0, 0.1) is 0 Å². The van der Waals surface area contributed by atoms with E-state index in [4.69, 9.17) is 9.47 Å². The number of ether oxygens (including phenoxy) is 2. The minimum Gasteiger partial charge on any atom is -0.497 e. The molecule has 1 aromatic heterocycles. The van der Waals surface area contributed by atoms with E-state index in [0.29, 0.717) is 29.5 Å². The monoisotopic (exact) mass is 317 g/mol. The Morgan fingerprint density at radius 1 is 1.39 bits per heavy atom. The first-order chi connectivity index (χ1) is 11.2. The molecule has 0 bridgehead atoms. The first kappa shape index (κ1) is 16.0. The topological polar surface area (TPSA) is 67.5 Å². The van der Waals surface area contributed by atoms with Crippen molar-refractivity contribution in [2.75, 3.05) is 33.9 Å². The van der Waals surface area contributed by atoms with Crippen LogP contribution in [0.5, 0.6) is 5.75 Å². The van der Waals surface area contributed by atoms with Crippen molar-refractivity contribution in [1.82, 2.24) is 14.9 Å². The van der Waals surface area contributed by atoms with Crippen LogP contribution in [0.25, 0.3) is 11.0 Å². The second-order valence-electron chi connectivity index (χ2n) is 5.95. The highest BCUT2D eigenvalue weighted by atomic mass is 16.5. The molecule has 2 aromatic rings. The second-order valence-corrected chi connectivity index (χ2v) is 5.95.